The number of benzene rings is 1. The second kappa shape index (κ2) is 3.26. The topological polar surface area (TPSA) is 49.3 Å². The predicted molar refractivity (Wildman–Crippen MR) is 59.2 cm³/mol. The minimum absolute atomic E-state index is 0.578. The van der Waals surface area contributed by atoms with Crippen LogP contribution < -0.4 is 5.32 Å². The minimum Gasteiger partial charge on any atom is -0.479 e. The Bertz CT molecular complexity index is 414. The molecule has 0 amide bonds. The van der Waals surface area contributed by atoms with Gasteiger partial charge < -0.3 is 10.4 Å². The molecule has 0 fully saturated rings. The largest absolute Gasteiger partial charge is 0.479 e. The van der Waals surface area contributed by atoms with Crippen LogP contribution in [0.1, 0.15) is 24.5 Å². The zero-order valence-corrected chi connectivity index (χ0v) is 9.00. The van der Waals surface area contributed by atoms with Gasteiger partial charge in [-0.25, -0.2) is 4.79 Å². The molecule has 3 heteroatoms. The summed E-state index contributed by atoms with van der Waals surface area (Å²) in [6, 6.07) is 6.04. The average molecular weight is 205 g/mol. The molecule has 0 saturated heterocycles. The molecule has 0 spiro atoms. The maximum Gasteiger partial charge on any atom is 0.329 e. The van der Waals surface area contributed by atoms with Crippen LogP contribution in [-0.4, -0.2) is 16.6 Å². The number of aryl methyl sites for hydroxylation is 1. The van der Waals surface area contributed by atoms with E-state index in [-0.39, 0.29) is 0 Å². The van der Waals surface area contributed by atoms with Gasteiger partial charge in [-0.05, 0) is 30.5 Å². The van der Waals surface area contributed by atoms with Crippen LogP contribution in [0.4, 0.5) is 5.69 Å². The lowest BCUT2D eigenvalue weighted by Crippen LogP contribution is -2.44. The van der Waals surface area contributed by atoms with E-state index < -0.39 is 11.5 Å². The zero-order chi connectivity index (χ0) is 11.1. The first-order valence-corrected chi connectivity index (χ1v) is 5.18. The van der Waals surface area contributed by atoms with E-state index in [1.165, 1.54) is 0 Å². The Morgan fingerprint density at radius 2 is 2.33 bits per heavy atom. The Hall–Kier alpha value is -1.51. The Morgan fingerprint density at radius 1 is 1.60 bits per heavy atom. The van der Waals surface area contributed by atoms with E-state index in [1.807, 2.05) is 32.0 Å². The van der Waals surface area contributed by atoms with Gasteiger partial charge in [0.05, 0.1) is 0 Å². The summed E-state index contributed by atoms with van der Waals surface area (Å²) in [4.78, 5) is 11.2. The molecule has 2 N–H and O–H groups in total. The molecule has 1 aliphatic heterocycles. The highest BCUT2D eigenvalue weighted by Crippen LogP contribution is 2.35. The summed E-state index contributed by atoms with van der Waals surface area (Å²) < 4.78 is 0. The Labute approximate surface area is 89.1 Å². The van der Waals surface area contributed by atoms with Crippen LogP contribution in [0.5, 0.6) is 0 Å². The Balaban J connectivity index is 2.39. The molecule has 1 aliphatic rings. The van der Waals surface area contributed by atoms with E-state index in [1.54, 1.807) is 0 Å². The lowest BCUT2D eigenvalue weighted by atomic mass is 9.92. The third-order valence-electron chi connectivity index (χ3n) is 3.14. The summed E-state index contributed by atoms with van der Waals surface area (Å²) in [5.74, 6) is -0.765. The Kier molecular flexibility index (Phi) is 2.18. The van der Waals surface area contributed by atoms with E-state index in [4.69, 9.17) is 0 Å². The van der Waals surface area contributed by atoms with Gasteiger partial charge in [-0.15, -0.1) is 0 Å². The van der Waals surface area contributed by atoms with Gasteiger partial charge >= 0.3 is 5.97 Å². The van der Waals surface area contributed by atoms with Crippen LogP contribution in [-0.2, 0) is 11.2 Å². The molecule has 1 atom stereocenters. The summed E-state index contributed by atoms with van der Waals surface area (Å²) in [5, 5.41) is 12.4. The molecular weight excluding hydrogens is 190 g/mol. The fraction of sp³-hybridized carbons (Fsp3) is 0.417. The number of hydrogen-bond donors (Lipinski definition) is 2. The summed E-state index contributed by atoms with van der Waals surface area (Å²) in [6.07, 6.45) is 1.17. The SMILES string of the molecule is CCC1(C(=O)O)Cc2ccc(C)cc2N1. The van der Waals surface area contributed by atoms with E-state index in [0.29, 0.717) is 12.8 Å². The molecule has 3 nitrogen and oxygen atoms in total. The third kappa shape index (κ3) is 1.48. The van der Waals surface area contributed by atoms with Gasteiger partial charge in [0.15, 0.2) is 0 Å². The van der Waals surface area contributed by atoms with Crippen LogP contribution >= 0.6 is 0 Å². The number of carbonyl (C=O) groups is 1. The smallest absolute Gasteiger partial charge is 0.329 e. The number of carboxylic acids is 1. The van der Waals surface area contributed by atoms with Crippen molar-refractivity contribution in [3.8, 4) is 0 Å². The fourth-order valence-corrected chi connectivity index (χ4v) is 2.08. The van der Waals surface area contributed by atoms with Gasteiger partial charge in [-0.2, -0.15) is 0 Å². The highest BCUT2D eigenvalue weighted by atomic mass is 16.4. The maximum atomic E-state index is 11.2. The first-order chi connectivity index (χ1) is 7.07. The second-order valence-corrected chi connectivity index (χ2v) is 4.20. The van der Waals surface area contributed by atoms with Gasteiger partial charge in [0.1, 0.15) is 5.54 Å². The van der Waals surface area contributed by atoms with Crippen molar-refractivity contribution in [3.63, 3.8) is 0 Å². The van der Waals surface area contributed by atoms with Crippen molar-refractivity contribution in [1.82, 2.24) is 0 Å². The predicted octanol–water partition coefficient (Wildman–Crippen LogP) is 2.20. The number of carboxylic acid groups (broad SMARTS) is 1. The quantitative estimate of drug-likeness (QED) is 0.778. The normalized spacial score (nSPS) is 23.3. The number of nitrogens with one attached hydrogen (secondary N) is 1. The third-order valence-corrected chi connectivity index (χ3v) is 3.14. The molecule has 80 valence electrons. The maximum absolute atomic E-state index is 11.2. The van der Waals surface area contributed by atoms with Crippen LogP contribution in [0.25, 0.3) is 0 Å². The standard InChI is InChI=1S/C12H15NO2/c1-3-12(11(14)15)7-9-5-4-8(2)6-10(9)13-12/h4-6,13H,3,7H2,1-2H3,(H,14,15). The molecular formula is C12H15NO2. The fourth-order valence-electron chi connectivity index (χ4n) is 2.08. The lowest BCUT2D eigenvalue weighted by molar-refractivity contribution is -0.142. The summed E-state index contributed by atoms with van der Waals surface area (Å²) in [7, 11) is 0. The molecule has 2 rings (SSSR count). The lowest BCUT2D eigenvalue weighted by Gasteiger charge is -2.23. The van der Waals surface area contributed by atoms with Crippen LogP contribution in [0.2, 0.25) is 0 Å². The first kappa shape index (κ1) is 10.0. The van der Waals surface area contributed by atoms with Crippen molar-refractivity contribution in [2.75, 3.05) is 5.32 Å². The molecule has 1 unspecified atom stereocenters. The van der Waals surface area contributed by atoms with Crippen molar-refractivity contribution in [1.29, 1.82) is 0 Å². The monoisotopic (exact) mass is 205 g/mol. The van der Waals surface area contributed by atoms with Crippen molar-refractivity contribution in [2.24, 2.45) is 0 Å². The van der Waals surface area contributed by atoms with E-state index >= 15 is 0 Å². The van der Waals surface area contributed by atoms with Gasteiger partial charge in [0.2, 0.25) is 0 Å². The molecule has 0 aromatic heterocycles. The number of hydrogen-bond acceptors (Lipinski definition) is 2. The van der Waals surface area contributed by atoms with Crippen molar-refractivity contribution >= 4 is 11.7 Å². The average Bonchev–Trinajstić information content (AvgIpc) is 2.56. The molecule has 15 heavy (non-hydrogen) atoms. The van der Waals surface area contributed by atoms with Crippen molar-refractivity contribution < 1.29 is 9.90 Å². The van der Waals surface area contributed by atoms with Gasteiger partial charge in [-0.1, -0.05) is 19.1 Å². The number of aliphatic carboxylic acids is 1. The zero-order valence-electron chi connectivity index (χ0n) is 9.00. The van der Waals surface area contributed by atoms with Crippen molar-refractivity contribution in [2.45, 2.75) is 32.2 Å². The Morgan fingerprint density at radius 3 is 2.93 bits per heavy atom. The molecule has 0 aliphatic carbocycles. The summed E-state index contributed by atoms with van der Waals surface area (Å²) >= 11 is 0. The molecule has 0 bridgehead atoms. The highest BCUT2D eigenvalue weighted by Gasteiger charge is 2.41. The van der Waals surface area contributed by atoms with E-state index in [0.717, 1.165) is 16.8 Å². The summed E-state index contributed by atoms with van der Waals surface area (Å²) in [6.45, 7) is 3.91. The molecule has 1 aromatic carbocycles. The van der Waals surface area contributed by atoms with Gasteiger partial charge in [-0.3, -0.25) is 0 Å². The molecule has 0 radical (unpaired) electrons. The van der Waals surface area contributed by atoms with Gasteiger partial charge in [0, 0.05) is 12.1 Å². The van der Waals surface area contributed by atoms with Gasteiger partial charge in [0.25, 0.3) is 0 Å². The van der Waals surface area contributed by atoms with E-state index in [9.17, 15) is 9.90 Å². The highest BCUT2D eigenvalue weighted by molar-refractivity contribution is 5.86. The number of fused-ring (bicyclic) bond motifs is 1. The number of anilines is 1. The summed E-state index contributed by atoms with van der Waals surface area (Å²) in [5.41, 5.74) is 2.43. The van der Waals surface area contributed by atoms with Crippen LogP contribution in [0.3, 0.4) is 0 Å². The molecule has 1 heterocycles. The molecule has 0 saturated carbocycles. The minimum atomic E-state index is -0.796. The second-order valence-electron chi connectivity index (χ2n) is 4.20. The van der Waals surface area contributed by atoms with Crippen molar-refractivity contribution in [3.05, 3.63) is 29.3 Å². The number of rotatable bonds is 2. The van der Waals surface area contributed by atoms with Crippen LogP contribution in [0, 0.1) is 6.92 Å². The van der Waals surface area contributed by atoms with E-state index in [2.05, 4.69) is 5.32 Å². The first-order valence-electron chi connectivity index (χ1n) is 5.18. The molecule has 1 aromatic rings. The van der Waals surface area contributed by atoms with Crippen LogP contribution in [0.15, 0.2) is 18.2 Å².